The summed E-state index contributed by atoms with van der Waals surface area (Å²) in [6, 6.07) is 13.9. The van der Waals surface area contributed by atoms with Crippen LogP contribution in [0.5, 0.6) is 0 Å². The van der Waals surface area contributed by atoms with Gasteiger partial charge in [0.1, 0.15) is 5.00 Å². The molecule has 4 N–H and O–H groups in total. The van der Waals surface area contributed by atoms with E-state index in [9.17, 15) is 9.90 Å². The molecule has 0 radical (unpaired) electrons. The van der Waals surface area contributed by atoms with Gasteiger partial charge in [0.15, 0.2) is 6.23 Å². The Bertz CT molecular complexity index is 941. The Morgan fingerprint density at radius 2 is 1.96 bits per heavy atom. The number of aliphatic hydroxyl groups is 1. The average Bonchev–Trinajstić information content (AvgIpc) is 3.06. The number of rotatable bonds is 5. The van der Waals surface area contributed by atoms with E-state index >= 15 is 0 Å². The van der Waals surface area contributed by atoms with Crippen molar-refractivity contribution in [2.45, 2.75) is 31.4 Å². The maximum Gasteiger partial charge on any atom is 0.251 e. The molecule has 2 atom stereocenters. The molecule has 1 aromatic carbocycles. The Labute approximate surface area is 161 Å². The van der Waals surface area contributed by atoms with Gasteiger partial charge in [0.25, 0.3) is 5.91 Å². The molecule has 5 nitrogen and oxygen atoms in total. The molecule has 0 fully saturated rings. The molecule has 0 aliphatic heterocycles. The lowest BCUT2D eigenvalue weighted by atomic mass is 9.83. The van der Waals surface area contributed by atoms with Crippen molar-refractivity contribution in [3.8, 4) is 0 Å². The van der Waals surface area contributed by atoms with Gasteiger partial charge >= 0.3 is 0 Å². The van der Waals surface area contributed by atoms with Crippen molar-refractivity contribution in [1.29, 1.82) is 0 Å². The molecule has 1 aliphatic rings. The van der Waals surface area contributed by atoms with Crippen molar-refractivity contribution in [3.63, 3.8) is 0 Å². The number of nitrogens with two attached hydrogens (primary N) is 1. The second-order valence-corrected chi connectivity index (χ2v) is 7.86. The van der Waals surface area contributed by atoms with E-state index in [-0.39, 0.29) is 0 Å². The van der Waals surface area contributed by atoms with Crippen molar-refractivity contribution < 1.29 is 9.90 Å². The summed E-state index contributed by atoms with van der Waals surface area (Å²) >= 11 is 1.52. The highest BCUT2D eigenvalue weighted by Gasteiger charge is 2.29. The molecule has 1 amide bonds. The highest BCUT2D eigenvalue weighted by molar-refractivity contribution is 7.16. The van der Waals surface area contributed by atoms with Crippen LogP contribution in [0.15, 0.2) is 54.9 Å². The Morgan fingerprint density at radius 1 is 1.22 bits per heavy atom. The quantitative estimate of drug-likeness (QED) is 0.591. The fourth-order valence-electron chi connectivity index (χ4n) is 3.71. The predicted molar refractivity (Wildman–Crippen MR) is 107 cm³/mol. The van der Waals surface area contributed by atoms with Crippen molar-refractivity contribution in [3.05, 3.63) is 82.0 Å². The number of carbonyl (C=O) groups excluding carboxylic acids is 1. The van der Waals surface area contributed by atoms with E-state index in [4.69, 9.17) is 5.73 Å². The van der Waals surface area contributed by atoms with Crippen LogP contribution in [0.3, 0.4) is 0 Å². The Hall–Kier alpha value is -2.70. The first-order chi connectivity index (χ1) is 13.1. The third kappa shape index (κ3) is 3.59. The van der Waals surface area contributed by atoms with E-state index in [2.05, 4.69) is 34.6 Å². The van der Waals surface area contributed by atoms with Crippen molar-refractivity contribution >= 4 is 22.2 Å². The van der Waals surface area contributed by atoms with Gasteiger partial charge in [-0.15, -0.1) is 11.3 Å². The molecule has 0 spiro atoms. The summed E-state index contributed by atoms with van der Waals surface area (Å²) in [7, 11) is 0. The first-order valence-electron chi connectivity index (χ1n) is 8.97. The Morgan fingerprint density at radius 3 is 2.67 bits per heavy atom. The largest absolute Gasteiger partial charge is 0.369 e. The van der Waals surface area contributed by atoms with Gasteiger partial charge in [-0.3, -0.25) is 9.78 Å². The third-order valence-electron chi connectivity index (χ3n) is 5.07. The lowest BCUT2D eigenvalue weighted by Crippen LogP contribution is -2.19. The highest BCUT2D eigenvalue weighted by Crippen LogP contribution is 2.43. The molecule has 4 rings (SSSR count). The minimum absolute atomic E-state index is 0.441. The molecule has 6 heteroatoms. The van der Waals surface area contributed by atoms with Gasteiger partial charge in [0.2, 0.25) is 0 Å². The summed E-state index contributed by atoms with van der Waals surface area (Å²) in [6.07, 6.45) is 5.02. The van der Waals surface area contributed by atoms with Crippen LogP contribution in [-0.2, 0) is 12.8 Å². The van der Waals surface area contributed by atoms with E-state index in [1.165, 1.54) is 21.8 Å². The predicted octanol–water partition coefficient (Wildman–Crippen LogP) is 3.62. The zero-order valence-corrected chi connectivity index (χ0v) is 15.6. The number of fused-ring (bicyclic) bond motifs is 1. The number of nitrogens with one attached hydrogen (secondary N) is 1. The van der Waals surface area contributed by atoms with Crippen molar-refractivity contribution in [2.75, 3.05) is 5.32 Å². The minimum Gasteiger partial charge on any atom is -0.369 e. The SMILES string of the molecule is NC(=O)c1c(NC(O)c2ccncc2)sc2c1CCC(c1ccccc1)C2. The molecule has 0 bridgehead atoms. The van der Waals surface area contributed by atoms with Crippen LogP contribution in [0.2, 0.25) is 0 Å². The van der Waals surface area contributed by atoms with Crippen LogP contribution in [0.1, 0.15) is 50.5 Å². The molecule has 2 aromatic heterocycles. The van der Waals surface area contributed by atoms with Gasteiger partial charge in [-0.1, -0.05) is 30.3 Å². The zero-order chi connectivity index (χ0) is 18.8. The van der Waals surface area contributed by atoms with Crippen molar-refractivity contribution in [2.24, 2.45) is 5.73 Å². The number of hydrogen-bond acceptors (Lipinski definition) is 5. The summed E-state index contributed by atoms with van der Waals surface area (Å²) in [5, 5.41) is 14.2. The van der Waals surface area contributed by atoms with Gasteiger partial charge < -0.3 is 16.2 Å². The molecule has 27 heavy (non-hydrogen) atoms. The van der Waals surface area contributed by atoms with Crippen LogP contribution < -0.4 is 11.1 Å². The van der Waals surface area contributed by atoms with Crippen LogP contribution in [0, 0.1) is 0 Å². The minimum atomic E-state index is -0.920. The topological polar surface area (TPSA) is 88.2 Å². The molecule has 3 aromatic rings. The standard InChI is InChI=1S/C21H21N3O2S/c22-19(25)18-16-7-6-15(13-4-2-1-3-5-13)12-17(16)27-21(18)24-20(26)14-8-10-23-11-9-14/h1-5,8-11,15,20,24,26H,6-7,12H2,(H2,22,25). The number of aliphatic hydroxyl groups excluding tert-OH is 1. The van der Waals surface area contributed by atoms with Gasteiger partial charge in [-0.25, -0.2) is 0 Å². The molecule has 1 aliphatic carbocycles. The zero-order valence-electron chi connectivity index (χ0n) is 14.8. The fourth-order valence-corrected chi connectivity index (χ4v) is 5.07. The summed E-state index contributed by atoms with van der Waals surface area (Å²) in [5.74, 6) is -0.00821. The monoisotopic (exact) mass is 379 g/mol. The van der Waals surface area contributed by atoms with Gasteiger partial charge in [-0.05, 0) is 48.4 Å². The lowest BCUT2D eigenvalue weighted by Gasteiger charge is -2.22. The summed E-state index contributed by atoms with van der Waals surface area (Å²) in [5.41, 5.74) is 9.25. The fraction of sp³-hybridized carbons (Fsp3) is 0.238. The molecule has 2 unspecified atom stereocenters. The van der Waals surface area contributed by atoms with E-state index in [0.29, 0.717) is 22.0 Å². The second-order valence-electron chi connectivity index (χ2n) is 6.75. The number of anilines is 1. The molecule has 0 saturated heterocycles. The number of benzene rings is 1. The lowest BCUT2D eigenvalue weighted by molar-refractivity contribution is 0.1000. The van der Waals surface area contributed by atoms with E-state index in [1.807, 2.05) is 6.07 Å². The first kappa shape index (κ1) is 17.7. The van der Waals surface area contributed by atoms with Gasteiger partial charge in [-0.2, -0.15) is 0 Å². The van der Waals surface area contributed by atoms with Crippen LogP contribution in [-0.4, -0.2) is 16.0 Å². The smallest absolute Gasteiger partial charge is 0.251 e. The van der Waals surface area contributed by atoms with Crippen LogP contribution >= 0.6 is 11.3 Å². The third-order valence-corrected chi connectivity index (χ3v) is 6.26. The number of aromatic nitrogens is 1. The van der Waals surface area contributed by atoms with Crippen LogP contribution in [0.4, 0.5) is 5.00 Å². The molecular weight excluding hydrogens is 358 g/mol. The number of amides is 1. The number of pyridine rings is 1. The normalized spacial score (nSPS) is 17.1. The number of primary amides is 1. The van der Waals surface area contributed by atoms with Gasteiger partial charge in [0, 0.05) is 22.8 Å². The first-order valence-corrected chi connectivity index (χ1v) is 9.79. The van der Waals surface area contributed by atoms with E-state index in [1.54, 1.807) is 24.5 Å². The van der Waals surface area contributed by atoms with E-state index < -0.39 is 12.1 Å². The van der Waals surface area contributed by atoms with Crippen molar-refractivity contribution in [1.82, 2.24) is 4.98 Å². The Kier molecular flexibility index (Phi) is 4.92. The number of hydrogen-bond donors (Lipinski definition) is 3. The average molecular weight is 379 g/mol. The molecule has 138 valence electrons. The summed E-state index contributed by atoms with van der Waals surface area (Å²) < 4.78 is 0. The molecule has 2 heterocycles. The van der Waals surface area contributed by atoms with Gasteiger partial charge in [0.05, 0.1) is 5.56 Å². The highest BCUT2D eigenvalue weighted by atomic mass is 32.1. The van der Waals surface area contributed by atoms with E-state index in [0.717, 1.165) is 24.8 Å². The molecule has 0 saturated carbocycles. The summed E-state index contributed by atoms with van der Waals surface area (Å²) in [4.78, 5) is 17.3. The number of thiophene rings is 1. The molecular formula is C21H21N3O2S. The summed E-state index contributed by atoms with van der Waals surface area (Å²) in [6.45, 7) is 0. The van der Waals surface area contributed by atoms with Crippen LogP contribution in [0.25, 0.3) is 0 Å². The Balaban J connectivity index is 1.63. The maximum absolute atomic E-state index is 12.1. The number of carbonyl (C=O) groups is 1. The second kappa shape index (κ2) is 7.50. The maximum atomic E-state index is 12.1. The number of nitrogens with zero attached hydrogens (tertiary/aromatic N) is 1.